The number of hydrogen-bond donors (Lipinski definition) is 2. The van der Waals surface area contributed by atoms with E-state index in [2.05, 4.69) is 86.8 Å². The summed E-state index contributed by atoms with van der Waals surface area (Å²) in [6, 6.07) is 0. The van der Waals surface area contributed by atoms with Crippen LogP contribution in [0.15, 0.2) is 72.9 Å². The van der Waals surface area contributed by atoms with Crippen molar-refractivity contribution in [3.63, 3.8) is 0 Å². The van der Waals surface area contributed by atoms with Crippen LogP contribution in [0.4, 0.5) is 0 Å². The topological polar surface area (TPSA) is 134 Å². The maximum atomic E-state index is 12.5. The first kappa shape index (κ1) is 49.5. The lowest BCUT2D eigenvalue weighted by atomic mass is 10.1. The van der Waals surface area contributed by atoms with Crippen molar-refractivity contribution < 1.29 is 37.6 Å². The highest BCUT2D eigenvalue weighted by atomic mass is 31.2. The van der Waals surface area contributed by atoms with Crippen LogP contribution in [0.5, 0.6) is 0 Å². The molecule has 0 aliphatic heterocycles. The molecule has 0 amide bonds. The number of phosphoric acid groups is 1. The van der Waals surface area contributed by atoms with Gasteiger partial charge in [0.1, 0.15) is 6.61 Å². The van der Waals surface area contributed by atoms with Crippen LogP contribution in [-0.4, -0.2) is 49.3 Å². The van der Waals surface area contributed by atoms with E-state index in [0.29, 0.717) is 12.8 Å². The lowest BCUT2D eigenvalue weighted by Gasteiger charge is -2.19. The van der Waals surface area contributed by atoms with Crippen LogP contribution in [0.3, 0.4) is 0 Å². The number of carbonyl (C=O) groups excluding carboxylic acids is 2. The number of ether oxygens (including phenoxy) is 2. The highest BCUT2D eigenvalue weighted by molar-refractivity contribution is 7.47. The van der Waals surface area contributed by atoms with Crippen molar-refractivity contribution in [2.75, 3.05) is 26.4 Å². The van der Waals surface area contributed by atoms with E-state index in [4.69, 9.17) is 24.3 Å². The number of hydrogen-bond acceptors (Lipinski definition) is 8. The molecule has 0 saturated carbocycles. The summed E-state index contributed by atoms with van der Waals surface area (Å²) < 4.78 is 32.7. The summed E-state index contributed by atoms with van der Waals surface area (Å²) >= 11 is 0. The van der Waals surface area contributed by atoms with Crippen LogP contribution in [0.25, 0.3) is 0 Å². The maximum absolute atomic E-state index is 12.5. The highest BCUT2D eigenvalue weighted by Crippen LogP contribution is 2.43. The molecule has 52 heavy (non-hydrogen) atoms. The molecule has 2 unspecified atom stereocenters. The average molecular weight is 750 g/mol. The van der Waals surface area contributed by atoms with Gasteiger partial charge in [0.2, 0.25) is 0 Å². The molecule has 10 heteroatoms. The van der Waals surface area contributed by atoms with Crippen LogP contribution in [0, 0.1) is 0 Å². The Hall–Kier alpha value is -2.55. The van der Waals surface area contributed by atoms with Gasteiger partial charge in [-0.2, -0.15) is 0 Å². The Morgan fingerprint density at radius 2 is 1.06 bits per heavy atom. The molecular weight excluding hydrogens is 677 g/mol. The standard InChI is InChI=1S/C42H72NO8P/c1-3-5-7-9-11-13-15-17-19-20-21-23-25-27-29-31-33-35-42(45)51-40(39-50-52(46,47)49-37-36-43)38-48-41(44)34-32-30-28-26-24-22-18-16-14-12-10-8-6-4-2/h5,7,10-13,16-19,21,23,40H,3-4,6,8-9,14-15,20,22,24-39,43H2,1-2H3,(H,46,47)/b7-5-,12-10-,13-11-,18-16-,19-17-,23-21-. The minimum atomic E-state index is -4.39. The van der Waals surface area contributed by atoms with Crippen molar-refractivity contribution in [1.29, 1.82) is 0 Å². The van der Waals surface area contributed by atoms with Gasteiger partial charge in [-0.1, -0.05) is 132 Å². The first-order valence-corrected chi connectivity index (χ1v) is 21.4. The molecule has 9 nitrogen and oxygen atoms in total. The summed E-state index contributed by atoms with van der Waals surface area (Å²) in [5.41, 5.74) is 5.33. The van der Waals surface area contributed by atoms with E-state index in [1.54, 1.807) is 0 Å². The molecule has 0 aliphatic carbocycles. The number of phosphoric ester groups is 1. The minimum absolute atomic E-state index is 0.0432. The predicted molar refractivity (Wildman–Crippen MR) is 215 cm³/mol. The second kappa shape index (κ2) is 38.2. The molecule has 0 saturated heterocycles. The van der Waals surface area contributed by atoms with Crippen LogP contribution in [-0.2, 0) is 32.7 Å². The van der Waals surface area contributed by atoms with Crippen LogP contribution >= 0.6 is 7.82 Å². The van der Waals surface area contributed by atoms with E-state index >= 15 is 0 Å². The number of esters is 2. The Labute approximate surface area is 316 Å². The molecular formula is C42H72NO8P. The number of rotatable bonds is 36. The molecule has 0 aromatic carbocycles. The molecule has 0 heterocycles. The van der Waals surface area contributed by atoms with Crippen molar-refractivity contribution in [2.45, 2.75) is 155 Å². The van der Waals surface area contributed by atoms with Gasteiger partial charge in [0.25, 0.3) is 0 Å². The summed E-state index contributed by atoms with van der Waals surface area (Å²) in [6.07, 6.45) is 45.0. The van der Waals surface area contributed by atoms with E-state index in [-0.39, 0.29) is 32.6 Å². The summed E-state index contributed by atoms with van der Waals surface area (Å²) in [4.78, 5) is 34.8. The smallest absolute Gasteiger partial charge is 0.462 e. The SMILES string of the molecule is CC/C=C\C/C=C\C/C=C\C/C=C\CCCCCCC(=O)OC(COC(=O)CCCCCCC/C=C\C/C=C\CCCC)COP(=O)(O)OCCN. The molecule has 0 aromatic rings. The number of nitrogens with two attached hydrogens (primary N) is 1. The fourth-order valence-corrected chi connectivity index (χ4v) is 5.64. The third-order valence-electron chi connectivity index (χ3n) is 7.83. The fraction of sp³-hybridized carbons (Fsp3) is 0.667. The normalized spacial score (nSPS) is 14.2. The second-order valence-corrected chi connectivity index (χ2v) is 14.2. The quantitative estimate of drug-likeness (QED) is 0.0278. The lowest BCUT2D eigenvalue weighted by Crippen LogP contribution is -2.29. The molecule has 0 aromatic heterocycles. The zero-order valence-electron chi connectivity index (χ0n) is 32.5. The van der Waals surface area contributed by atoms with E-state index < -0.39 is 32.5 Å². The zero-order chi connectivity index (χ0) is 38.2. The van der Waals surface area contributed by atoms with Gasteiger partial charge in [-0.25, -0.2) is 4.57 Å². The van der Waals surface area contributed by atoms with Gasteiger partial charge in [-0.15, -0.1) is 0 Å². The van der Waals surface area contributed by atoms with E-state index in [1.807, 2.05) is 0 Å². The maximum Gasteiger partial charge on any atom is 0.472 e. The molecule has 298 valence electrons. The van der Waals surface area contributed by atoms with Gasteiger partial charge >= 0.3 is 19.8 Å². The molecule has 3 N–H and O–H groups in total. The van der Waals surface area contributed by atoms with Gasteiger partial charge in [-0.3, -0.25) is 18.6 Å². The zero-order valence-corrected chi connectivity index (χ0v) is 33.4. The summed E-state index contributed by atoms with van der Waals surface area (Å²) in [5, 5.41) is 0. The first-order valence-electron chi connectivity index (χ1n) is 19.9. The molecule has 0 aliphatic rings. The first-order chi connectivity index (χ1) is 25.3. The highest BCUT2D eigenvalue weighted by Gasteiger charge is 2.25. The van der Waals surface area contributed by atoms with Crippen LogP contribution in [0.1, 0.15) is 149 Å². The fourth-order valence-electron chi connectivity index (χ4n) is 4.87. The molecule has 0 spiro atoms. The van der Waals surface area contributed by atoms with E-state index in [0.717, 1.165) is 96.3 Å². The van der Waals surface area contributed by atoms with Gasteiger partial charge in [0.15, 0.2) is 6.10 Å². The molecule has 0 fully saturated rings. The summed E-state index contributed by atoms with van der Waals surface area (Å²) in [5.74, 6) is -0.881. The molecule has 0 bridgehead atoms. The van der Waals surface area contributed by atoms with Gasteiger partial charge in [0.05, 0.1) is 13.2 Å². The Morgan fingerprint density at radius 1 is 0.596 bits per heavy atom. The summed E-state index contributed by atoms with van der Waals surface area (Å²) in [7, 11) is -4.39. The van der Waals surface area contributed by atoms with Crippen molar-refractivity contribution in [3.8, 4) is 0 Å². The molecule has 0 rings (SSSR count). The van der Waals surface area contributed by atoms with Crippen molar-refractivity contribution in [3.05, 3.63) is 72.9 Å². The second-order valence-electron chi connectivity index (χ2n) is 12.8. The number of allylic oxidation sites excluding steroid dienone is 12. The third-order valence-corrected chi connectivity index (χ3v) is 8.81. The van der Waals surface area contributed by atoms with Crippen LogP contribution in [0.2, 0.25) is 0 Å². The van der Waals surface area contributed by atoms with Gasteiger partial charge in [-0.05, 0) is 77.0 Å². The predicted octanol–water partition coefficient (Wildman–Crippen LogP) is 11.1. The molecule has 0 radical (unpaired) electrons. The van der Waals surface area contributed by atoms with E-state index in [9.17, 15) is 19.0 Å². The van der Waals surface area contributed by atoms with Crippen molar-refractivity contribution >= 4 is 19.8 Å². The number of carbonyl (C=O) groups is 2. The van der Waals surface area contributed by atoms with Gasteiger partial charge in [0, 0.05) is 19.4 Å². The number of unbranched alkanes of at least 4 members (excludes halogenated alkanes) is 11. The van der Waals surface area contributed by atoms with E-state index in [1.165, 1.54) is 12.8 Å². The Bertz CT molecular complexity index is 1080. The Morgan fingerprint density at radius 3 is 1.58 bits per heavy atom. The van der Waals surface area contributed by atoms with Gasteiger partial charge < -0.3 is 20.1 Å². The summed E-state index contributed by atoms with van der Waals surface area (Å²) in [6.45, 7) is 3.50. The average Bonchev–Trinajstić information content (AvgIpc) is 3.13. The van der Waals surface area contributed by atoms with Crippen molar-refractivity contribution in [1.82, 2.24) is 0 Å². The lowest BCUT2D eigenvalue weighted by molar-refractivity contribution is -0.161. The monoisotopic (exact) mass is 749 g/mol. The molecule has 2 atom stereocenters. The minimum Gasteiger partial charge on any atom is -0.462 e. The largest absolute Gasteiger partial charge is 0.472 e. The van der Waals surface area contributed by atoms with Crippen LogP contribution < -0.4 is 5.73 Å². The Kier molecular flexibility index (Phi) is 36.3. The Balaban J connectivity index is 4.29. The van der Waals surface area contributed by atoms with Crippen molar-refractivity contribution in [2.24, 2.45) is 5.73 Å². The third kappa shape index (κ3) is 37.2.